The van der Waals surface area contributed by atoms with Crippen molar-refractivity contribution < 1.29 is 5.11 Å². The van der Waals surface area contributed by atoms with Gasteiger partial charge >= 0.3 is 0 Å². The Morgan fingerprint density at radius 3 is 2.36 bits per heavy atom. The molecule has 2 aliphatic heterocycles. The molecule has 0 aromatic heterocycles. The SMILES string of the molecule is CN=C(NCc1ccc(CN2CCC(O)CC2)cc1)NC1CCCN(c2ccccc2)C1.I. The largest absolute Gasteiger partial charge is 0.393 e. The third-order valence-corrected chi connectivity index (χ3v) is 6.55. The van der Waals surface area contributed by atoms with Gasteiger partial charge in [-0.25, -0.2) is 0 Å². The summed E-state index contributed by atoms with van der Waals surface area (Å²) in [7, 11) is 1.84. The predicted octanol–water partition coefficient (Wildman–Crippen LogP) is 3.60. The van der Waals surface area contributed by atoms with Crippen LogP contribution in [0.15, 0.2) is 59.6 Å². The molecule has 2 fully saturated rings. The second-order valence-electron chi connectivity index (χ2n) is 9.01. The zero-order valence-corrected chi connectivity index (χ0v) is 21.9. The summed E-state index contributed by atoms with van der Waals surface area (Å²) in [5, 5.41) is 16.8. The number of piperidine rings is 2. The van der Waals surface area contributed by atoms with Crippen molar-refractivity contribution in [3.8, 4) is 0 Å². The van der Waals surface area contributed by atoms with E-state index < -0.39 is 0 Å². The Kier molecular flexibility index (Phi) is 10.3. The molecule has 0 radical (unpaired) electrons. The summed E-state index contributed by atoms with van der Waals surface area (Å²) in [4.78, 5) is 9.32. The number of aliphatic hydroxyl groups excluding tert-OH is 1. The number of aliphatic hydroxyl groups is 1. The van der Waals surface area contributed by atoms with E-state index in [1.165, 1.54) is 23.2 Å². The molecule has 0 spiro atoms. The van der Waals surface area contributed by atoms with E-state index in [-0.39, 0.29) is 30.1 Å². The average Bonchev–Trinajstić information content (AvgIpc) is 2.85. The van der Waals surface area contributed by atoms with E-state index in [1.54, 1.807) is 0 Å². The van der Waals surface area contributed by atoms with E-state index in [0.717, 1.165) is 64.5 Å². The molecule has 6 nitrogen and oxygen atoms in total. The van der Waals surface area contributed by atoms with Gasteiger partial charge in [0.15, 0.2) is 5.96 Å². The van der Waals surface area contributed by atoms with Gasteiger partial charge in [-0.2, -0.15) is 0 Å². The first kappa shape index (κ1) is 25.8. The van der Waals surface area contributed by atoms with Crippen LogP contribution in [0.2, 0.25) is 0 Å². The second kappa shape index (κ2) is 13.2. The molecule has 180 valence electrons. The molecular weight excluding hydrogens is 525 g/mol. The molecule has 0 bridgehead atoms. The minimum Gasteiger partial charge on any atom is -0.393 e. The molecule has 0 aliphatic carbocycles. The maximum absolute atomic E-state index is 9.67. The quantitative estimate of drug-likeness (QED) is 0.285. The van der Waals surface area contributed by atoms with Gasteiger partial charge in [0.25, 0.3) is 0 Å². The van der Waals surface area contributed by atoms with Crippen LogP contribution < -0.4 is 15.5 Å². The zero-order valence-electron chi connectivity index (χ0n) is 19.6. The van der Waals surface area contributed by atoms with Gasteiger partial charge in [-0.3, -0.25) is 9.89 Å². The number of hydrogen-bond donors (Lipinski definition) is 3. The number of benzene rings is 2. The zero-order chi connectivity index (χ0) is 22.2. The Bertz CT molecular complexity index is 853. The highest BCUT2D eigenvalue weighted by atomic mass is 127. The monoisotopic (exact) mass is 563 g/mol. The fourth-order valence-corrected chi connectivity index (χ4v) is 4.64. The first-order chi connectivity index (χ1) is 15.7. The van der Waals surface area contributed by atoms with Gasteiger partial charge in [0.05, 0.1) is 6.10 Å². The van der Waals surface area contributed by atoms with Gasteiger partial charge in [-0.1, -0.05) is 42.5 Å². The number of rotatable bonds is 6. The Morgan fingerprint density at radius 2 is 1.67 bits per heavy atom. The van der Waals surface area contributed by atoms with Crippen LogP contribution in [0.1, 0.15) is 36.8 Å². The summed E-state index contributed by atoms with van der Waals surface area (Å²) >= 11 is 0. The molecule has 7 heteroatoms. The molecular formula is C26H38IN5O. The Labute approximate surface area is 215 Å². The standard InChI is InChI=1S/C26H37N5O.HI/c1-27-26(29-23-6-5-15-31(20-23)24-7-3-2-4-8-24)28-18-21-9-11-22(12-10-21)19-30-16-13-25(32)14-17-30;/h2-4,7-12,23,25,32H,5-6,13-20H2,1H3,(H2,27,28,29);1H. The van der Waals surface area contributed by atoms with Gasteiger partial charge < -0.3 is 20.6 Å². The summed E-state index contributed by atoms with van der Waals surface area (Å²) in [6.45, 7) is 5.78. The normalized spacial score (nSPS) is 20.2. The van der Waals surface area contributed by atoms with Crippen molar-refractivity contribution in [3.63, 3.8) is 0 Å². The highest BCUT2D eigenvalue weighted by Crippen LogP contribution is 2.19. The number of likely N-dealkylation sites (tertiary alicyclic amines) is 1. The van der Waals surface area contributed by atoms with E-state index in [2.05, 4.69) is 80.0 Å². The fourth-order valence-electron chi connectivity index (χ4n) is 4.64. The lowest BCUT2D eigenvalue weighted by molar-refractivity contribution is 0.0792. The smallest absolute Gasteiger partial charge is 0.191 e. The molecule has 2 aromatic rings. The number of nitrogens with zero attached hydrogens (tertiary/aromatic N) is 3. The molecule has 2 heterocycles. The van der Waals surface area contributed by atoms with Crippen molar-refractivity contribution >= 4 is 35.6 Å². The van der Waals surface area contributed by atoms with Crippen LogP contribution in [0.5, 0.6) is 0 Å². The summed E-state index contributed by atoms with van der Waals surface area (Å²) in [5.74, 6) is 0.862. The molecule has 2 aromatic carbocycles. The number of hydrogen-bond acceptors (Lipinski definition) is 4. The molecule has 1 atom stereocenters. The van der Waals surface area contributed by atoms with Crippen LogP contribution in [-0.4, -0.2) is 61.3 Å². The van der Waals surface area contributed by atoms with E-state index in [4.69, 9.17) is 0 Å². The molecule has 0 amide bonds. The first-order valence-electron chi connectivity index (χ1n) is 11.9. The van der Waals surface area contributed by atoms with E-state index in [9.17, 15) is 5.11 Å². The Balaban J connectivity index is 0.00000306. The lowest BCUT2D eigenvalue weighted by atomic mass is 10.0. The summed E-state index contributed by atoms with van der Waals surface area (Å²) in [5.41, 5.74) is 3.87. The van der Waals surface area contributed by atoms with Crippen LogP contribution in [0, 0.1) is 0 Å². The summed E-state index contributed by atoms with van der Waals surface area (Å²) < 4.78 is 0. The third kappa shape index (κ3) is 7.86. The molecule has 1 unspecified atom stereocenters. The van der Waals surface area contributed by atoms with Gasteiger partial charge in [0, 0.05) is 58.0 Å². The number of para-hydroxylation sites is 1. The molecule has 2 saturated heterocycles. The number of aliphatic imine (C=N–C) groups is 1. The van der Waals surface area contributed by atoms with Crippen molar-refractivity contribution in [1.29, 1.82) is 0 Å². The highest BCUT2D eigenvalue weighted by molar-refractivity contribution is 14.0. The van der Waals surface area contributed by atoms with Crippen LogP contribution in [0.25, 0.3) is 0 Å². The minimum absolute atomic E-state index is 0. The van der Waals surface area contributed by atoms with E-state index >= 15 is 0 Å². The minimum atomic E-state index is -0.113. The first-order valence-corrected chi connectivity index (χ1v) is 11.9. The molecule has 0 saturated carbocycles. The number of halogens is 1. The number of nitrogens with one attached hydrogen (secondary N) is 2. The molecule has 3 N–H and O–H groups in total. The molecule has 33 heavy (non-hydrogen) atoms. The van der Waals surface area contributed by atoms with Crippen LogP contribution in [0.4, 0.5) is 5.69 Å². The van der Waals surface area contributed by atoms with Gasteiger partial charge in [0.1, 0.15) is 0 Å². The highest BCUT2D eigenvalue weighted by Gasteiger charge is 2.21. The topological polar surface area (TPSA) is 63.1 Å². The fraction of sp³-hybridized carbons (Fsp3) is 0.500. The number of guanidine groups is 1. The van der Waals surface area contributed by atoms with Gasteiger partial charge in [-0.05, 0) is 48.9 Å². The van der Waals surface area contributed by atoms with Crippen molar-refractivity contribution in [2.45, 2.75) is 50.9 Å². The average molecular weight is 564 g/mol. The molecule has 4 rings (SSSR count). The van der Waals surface area contributed by atoms with Crippen LogP contribution in [-0.2, 0) is 13.1 Å². The van der Waals surface area contributed by atoms with Gasteiger partial charge in [0.2, 0.25) is 0 Å². The number of anilines is 1. The van der Waals surface area contributed by atoms with E-state index in [1.807, 2.05) is 7.05 Å². The van der Waals surface area contributed by atoms with Crippen LogP contribution >= 0.6 is 24.0 Å². The van der Waals surface area contributed by atoms with Crippen molar-refractivity contribution in [3.05, 3.63) is 65.7 Å². The Hall–Kier alpha value is -1.84. The second-order valence-corrected chi connectivity index (χ2v) is 9.01. The third-order valence-electron chi connectivity index (χ3n) is 6.55. The summed E-state index contributed by atoms with van der Waals surface area (Å²) in [6.07, 6.45) is 4.00. The van der Waals surface area contributed by atoms with Crippen molar-refractivity contribution in [1.82, 2.24) is 15.5 Å². The van der Waals surface area contributed by atoms with E-state index in [0.29, 0.717) is 6.04 Å². The lowest BCUT2D eigenvalue weighted by Crippen LogP contribution is -2.51. The summed E-state index contributed by atoms with van der Waals surface area (Å²) in [6, 6.07) is 19.9. The lowest BCUT2D eigenvalue weighted by Gasteiger charge is -2.35. The van der Waals surface area contributed by atoms with Crippen molar-refractivity contribution in [2.75, 3.05) is 38.1 Å². The van der Waals surface area contributed by atoms with Crippen LogP contribution in [0.3, 0.4) is 0 Å². The maximum Gasteiger partial charge on any atom is 0.191 e. The maximum atomic E-state index is 9.67. The predicted molar refractivity (Wildman–Crippen MR) is 147 cm³/mol. The Morgan fingerprint density at radius 1 is 0.970 bits per heavy atom. The molecule has 2 aliphatic rings. The van der Waals surface area contributed by atoms with Crippen molar-refractivity contribution in [2.24, 2.45) is 4.99 Å². The van der Waals surface area contributed by atoms with Gasteiger partial charge in [-0.15, -0.1) is 24.0 Å².